The van der Waals surface area contributed by atoms with Crippen molar-refractivity contribution in [2.45, 2.75) is 0 Å². The predicted molar refractivity (Wildman–Crippen MR) is 39.5 cm³/mol. The van der Waals surface area contributed by atoms with Crippen molar-refractivity contribution in [3.8, 4) is 0 Å². The average molecular weight is 228 g/mol. The van der Waals surface area contributed by atoms with Gasteiger partial charge in [0.1, 0.15) is 0 Å². The summed E-state index contributed by atoms with van der Waals surface area (Å²) in [7, 11) is 0. The van der Waals surface area contributed by atoms with Crippen LogP contribution >= 0.6 is 0 Å². The molecule has 0 heterocycles. The first-order chi connectivity index (χ1) is 4.24. The Hall–Kier alpha value is 0.890. The zero-order chi connectivity index (χ0) is 8.12. The van der Waals surface area contributed by atoms with E-state index < -0.39 is 46.5 Å². The molecule has 0 amide bonds. The van der Waals surface area contributed by atoms with E-state index in [2.05, 4.69) is 0 Å². The van der Waals surface area contributed by atoms with Gasteiger partial charge in [-0.25, -0.2) is 0 Å². The minimum absolute atomic E-state index is 0. The van der Waals surface area contributed by atoms with E-state index in [1.54, 1.807) is 0 Å². The van der Waals surface area contributed by atoms with Crippen LogP contribution in [0.1, 0.15) is 0 Å². The van der Waals surface area contributed by atoms with E-state index in [4.69, 9.17) is 23.9 Å². The van der Waals surface area contributed by atoms with Crippen LogP contribution in [0.5, 0.6) is 0 Å². The monoisotopic (exact) mass is 228 g/mol. The third kappa shape index (κ3) is 1090. The fourth-order valence-electron chi connectivity index (χ4n) is 0. The van der Waals surface area contributed by atoms with Crippen LogP contribution in [-0.2, 0) is 11.4 Å². The van der Waals surface area contributed by atoms with Crippen molar-refractivity contribution >= 4 is 63.8 Å². The van der Waals surface area contributed by atoms with Gasteiger partial charge in [-0.2, -0.15) is 0 Å². The quantitative estimate of drug-likeness (QED) is 0.353. The van der Waals surface area contributed by atoms with Gasteiger partial charge in [0.25, 0.3) is 0 Å². The molecule has 11 heavy (non-hydrogen) atoms. The van der Waals surface area contributed by atoms with Gasteiger partial charge in [0.15, 0.2) is 17.4 Å². The molecular formula is H8Al4O7. The molecule has 0 unspecified atom stereocenters. The van der Waals surface area contributed by atoms with E-state index in [-0.39, 0.29) is 22.8 Å². The van der Waals surface area contributed by atoms with Gasteiger partial charge in [0.05, 0.1) is 0 Å². The summed E-state index contributed by atoms with van der Waals surface area (Å²) < 4.78 is 47.0. The van der Waals surface area contributed by atoms with Crippen LogP contribution in [0.15, 0.2) is 0 Å². The SMILES string of the molecule is O.[AlH3].[O]=[Al][OH].[O]=[Al][OH].[O]=[Al][OH]. The standard InChI is InChI=1S/4Al.4H2O.3O.3H/h;;;;4*1H2;;;;;;/q;3*+1;;;;;;;;;;/p-3. The molecule has 7 nitrogen and oxygen atoms in total. The molecular weight excluding hydrogens is 220 g/mol. The Bertz CT molecular complexity index is 47.2. The van der Waals surface area contributed by atoms with Crippen LogP contribution < -0.4 is 0 Å². The Kier molecular flexibility index (Phi) is 190. The molecule has 0 fully saturated rings. The predicted octanol–water partition coefficient (Wildman–Crippen LogP) is -5.18. The van der Waals surface area contributed by atoms with Crippen molar-refractivity contribution in [2.24, 2.45) is 0 Å². The van der Waals surface area contributed by atoms with Gasteiger partial charge in [0, 0.05) is 0 Å². The molecule has 0 aromatic rings. The Morgan fingerprint density at radius 1 is 0.727 bits per heavy atom. The van der Waals surface area contributed by atoms with Crippen LogP contribution in [0, 0.1) is 0 Å². The molecule has 0 aliphatic carbocycles. The number of hydrogen-bond donors (Lipinski definition) is 3. The van der Waals surface area contributed by atoms with Gasteiger partial charge >= 0.3 is 70.3 Å². The molecule has 0 radical (unpaired) electrons. The third-order valence-corrected chi connectivity index (χ3v) is 0. The van der Waals surface area contributed by atoms with Gasteiger partial charge in [-0.05, 0) is 0 Å². The molecule has 5 N–H and O–H groups in total. The van der Waals surface area contributed by atoms with Gasteiger partial charge in [0.2, 0.25) is 0 Å². The summed E-state index contributed by atoms with van der Waals surface area (Å²) in [4.78, 5) is 0. The van der Waals surface area contributed by atoms with Crippen LogP contribution in [0.3, 0.4) is 0 Å². The third-order valence-electron chi connectivity index (χ3n) is 0. The summed E-state index contributed by atoms with van der Waals surface area (Å²) in [5.74, 6) is 0. The second-order valence-corrected chi connectivity index (χ2v) is 0.949. The molecule has 0 saturated heterocycles. The van der Waals surface area contributed by atoms with Crippen LogP contribution in [0.25, 0.3) is 0 Å². The molecule has 0 rings (SSSR count). The van der Waals surface area contributed by atoms with Gasteiger partial charge in [-0.15, -0.1) is 0 Å². The molecule has 62 valence electrons. The first-order valence-electron chi connectivity index (χ1n) is 1.48. The van der Waals surface area contributed by atoms with Gasteiger partial charge in [-0.1, -0.05) is 0 Å². The maximum absolute atomic E-state index is 8.57. The van der Waals surface area contributed by atoms with Gasteiger partial charge in [-0.3, -0.25) is 0 Å². The van der Waals surface area contributed by atoms with Crippen molar-refractivity contribution in [1.29, 1.82) is 0 Å². The molecule has 0 aromatic carbocycles. The fourth-order valence-corrected chi connectivity index (χ4v) is 0. The molecule has 0 atom stereocenters. The molecule has 0 aliphatic rings. The van der Waals surface area contributed by atoms with E-state index in [0.717, 1.165) is 0 Å². The summed E-state index contributed by atoms with van der Waals surface area (Å²) in [6.07, 6.45) is 0. The Balaban J connectivity index is -0.0000000150. The van der Waals surface area contributed by atoms with Crippen LogP contribution in [0.2, 0.25) is 0 Å². The molecule has 0 saturated carbocycles. The van der Waals surface area contributed by atoms with Crippen molar-refractivity contribution in [3.63, 3.8) is 0 Å². The number of hydrogen-bond acceptors (Lipinski definition) is 3. The number of rotatable bonds is 0. The molecule has 0 spiro atoms. The van der Waals surface area contributed by atoms with E-state index in [0.29, 0.717) is 0 Å². The second kappa shape index (κ2) is 70.4. The van der Waals surface area contributed by atoms with Crippen LogP contribution in [-0.4, -0.2) is 81.8 Å². The Morgan fingerprint density at radius 2 is 0.727 bits per heavy atom. The summed E-state index contributed by atoms with van der Waals surface area (Å²) in [5, 5.41) is 0. The van der Waals surface area contributed by atoms with E-state index in [1.165, 1.54) is 0 Å². The first kappa shape index (κ1) is 29.7. The zero-order valence-corrected chi connectivity index (χ0v) is 8.26. The fraction of sp³-hybridized carbons (Fsp3) is 0. The maximum atomic E-state index is 8.57. The molecule has 0 aliphatic heterocycles. The summed E-state index contributed by atoms with van der Waals surface area (Å²) in [5.41, 5.74) is 0. The summed E-state index contributed by atoms with van der Waals surface area (Å²) in [6, 6.07) is 0. The topological polar surface area (TPSA) is 143 Å². The van der Waals surface area contributed by atoms with Crippen LogP contribution in [0.4, 0.5) is 0 Å². The zero-order valence-electron chi connectivity index (χ0n) is 4.80. The second-order valence-electron chi connectivity index (χ2n) is 0.316. The van der Waals surface area contributed by atoms with E-state index in [1.807, 2.05) is 0 Å². The molecule has 11 heteroatoms. The first-order valence-corrected chi connectivity index (χ1v) is 4.45. The molecule has 0 aromatic heterocycles. The Labute approximate surface area is 92.6 Å². The average Bonchev–Trinajstić information content (AvgIpc) is 1.70. The van der Waals surface area contributed by atoms with Crippen molar-refractivity contribution in [1.82, 2.24) is 0 Å². The normalized spacial score (nSPS) is 2.18. The summed E-state index contributed by atoms with van der Waals surface area (Å²) in [6.45, 7) is 0. The van der Waals surface area contributed by atoms with E-state index in [9.17, 15) is 0 Å². The molecule has 0 bridgehead atoms. The van der Waals surface area contributed by atoms with E-state index >= 15 is 0 Å². The summed E-state index contributed by atoms with van der Waals surface area (Å²) >= 11 is -4.50. The minimum atomic E-state index is -1.50. The van der Waals surface area contributed by atoms with Crippen molar-refractivity contribution in [2.75, 3.05) is 0 Å². The Morgan fingerprint density at radius 3 is 0.727 bits per heavy atom. The van der Waals surface area contributed by atoms with Gasteiger partial charge < -0.3 is 5.48 Å². The van der Waals surface area contributed by atoms with Crippen molar-refractivity contribution < 1.29 is 29.4 Å². The van der Waals surface area contributed by atoms with Crippen molar-refractivity contribution in [3.05, 3.63) is 0 Å².